The summed E-state index contributed by atoms with van der Waals surface area (Å²) in [5.74, 6) is 1.73. The first kappa shape index (κ1) is 16.4. The number of hydrogen-bond donors (Lipinski definition) is 0. The van der Waals surface area contributed by atoms with Crippen molar-refractivity contribution in [3.8, 4) is 11.5 Å². The molecule has 2 fully saturated rings. The third-order valence-corrected chi connectivity index (χ3v) is 5.77. The minimum Gasteiger partial charge on any atom is -0.457 e. The lowest BCUT2D eigenvalue weighted by atomic mass is 9.84. The Morgan fingerprint density at radius 1 is 0.920 bits per heavy atom. The average molecular weight is 334 g/mol. The van der Waals surface area contributed by atoms with Crippen molar-refractivity contribution in [3.63, 3.8) is 0 Å². The van der Waals surface area contributed by atoms with Crippen molar-refractivity contribution in [1.82, 2.24) is 0 Å². The molecule has 0 N–H and O–H groups in total. The number of rotatable bonds is 6. The molecule has 2 bridgehead atoms. The number of ether oxygens (including phenoxy) is 2. The van der Waals surface area contributed by atoms with Crippen LogP contribution in [0.2, 0.25) is 0 Å². The van der Waals surface area contributed by atoms with Gasteiger partial charge in [-0.05, 0) is 74.3 Å². The van der Waals surface area contributed by atoms with Gasteiger partial charge in [0.25, 0.3) is 0 Å². The topological polar surface area (TPSA) is 18.5 Å². The molecule has 2 saturated carbocycles. The molecule has 0 saturated heterocycles. The second kappa shape index (κ2) is 6.68. The number of hydrogen-bond acceptors (Lipinski definition) is 2. The summed E-state index contributed by atoms with van der Waals surface area (Å²) in [5, 5.41) is 0. The van der Waals surface area contributed by atoms with Gasteiger partial charge in [-0.3, -0.25) is 0 Å². The van der Waals surface area contributed by atoms with Gasteiger partial charge < -0.3 is 9.47 Å². The Morgan fingerprint density at radius 3 is 2.44 bits per heavy atom. The van der Waals surface area contributed by atoms with Crippen molar-refractivity contribution < 1.29 is 9.47 Å². The van der Waals surface area contributed by atoms with Crippen LogP contribution in [-0.4, -0.2) is 5.60 Å². The first-order valence-corrected chi connectivity index (χ1v) is 9.31. The fraction of sp³-hybridized carbons (Fsp3) is 0.391. The molecule has 0 aliphatic heterocycles. The molecule has 2 nitrogen and oxygen atoms in total. The molecule has 0 aromatic heterocycles. The average Bonchev–Trinajstić information content (AvgIpc) is 3.18. The summed E-state index contributed by atoms with van der Waals surface area (Å²) < 4.78 is 12.4. The molecule has 130 valence electrons. The smallest absolute Gasteiger partial charge is 0.127 e. The Kier molecular flexibility index (Phi) is 4.39. The van der Waals surface area contributed by atoms with Gasteiger partial charge in [0.05, 0.1) is 12.2 Å². The molecule has 4 rings (SSSR count). The summed E-state index contributed by atoms with van der Waals surface area (Å²) >= 11 is 0. The largest absolute Gasteiger partial charge is 0.457 e. The fourth-order valence-electron chi connectivity index (χ4n) is 4.53. The highest BCUT2D eigenvalue weighted by Gasteiger charge is 2.53. The molecule has 0 radical (unpaired) electrons. The molecule has 25 heavy (non-hydrogen) atoms. The van der Waals surface area contributed by atoms with Crippen molar-refractivity contribution in [2.24, 2.45) is 5.41 Å². The van der Waals surface area contributed by atoms with Gasteiger partial charge in [0, 0.05) is 0 Å². The Balaban J connectivity index is 1.40. The van der Waals surface area contributed by atoms with Gasteiger partial charge in [0.2, 0.25) is 0 Å². The highest BCUT2D eigenvalue weighted by molar-refractivity contribution is 5.33. The lowest BCUT2D eigenvalue weighted by Gasteiger charge is -2.27. The highest BCUT2D eigenvalue weighted by atomic mass is 16.5. The third kappa shape index (κ3) is 3.50. The van der Waals surface area contributed by atoms with E-state index in [-0.39, 0.29) is 5.60 Å². The number of allylic oxidation sites excluding steroid dienone is 2. The van der Waals surface area contributed by atoms with E-state index in [0.717, 1.165) is 11.5 Å². The van der Waals surface area contributed by atoms with Gasteiger partial charge >= 0.3 is 0 Å². The Morgan fingerprint density at radius 2 is 1.68 bits per heavy atom. The van der Waals surface area contributed by atoms with Crippen molar-refractivity contribution in [3.05, 3.63) is 72.3 Å². The maximum Gasteiger partial charge on any atom is 0.127 e. The van der Waals surface area contributed by atoms with E-state index in [1.165, 1.54) is 37.7 Å². The van der Waals surface area contributed by atoms with E-state index in [1.54, 1.807) is 0 Å². The second-order valence-electron chi connectivity index (χ2n) is 7.57. The zero-order valence-electron chi connectivity index (χ0n) is 14.9. The predicted molar refractivity (Wildman–Crippen MR) is 101 cm³/mol. The van der Waals surface area contributed by atoms with Gasteiger partial charge in [-0.1, -0.05) is 42.5 Å². The molecular formula is C23H26O2. The minimum atomic E-state index is 0.0931. The van der Waals surface area contributed by atoms with E-state index in [1.807, 2.05) is 42.5 Å². The Labute approximate surface area is 150 Å². The summed E-state index contributed by atoms with van der Waals surface area (Å²) in [6, 6.07) is 18.2. The number of para-hydroxylation sites is 1. The van der Waals surface area contributed by atoms with Gasteiger partial charge in [0.15, 0.2) is 0 Å². The quantitative estimate of drug-likeness (QED) is 0.579. The molecular weight excluding hydrogens is 308 g/mol. The van der Waals surface area contributed by atoms with E-state index >= 15 is 0 Å². The number of fused-ring (bicyclic) bond motifs is 2. The van der Waals surface area contributed by atoms with E-state index in [4.69, 9.17) is 9.47 Å². The molecule has 0 spiro atoms. The predicted octanol–water partition coefficient (Wildman–Crippen LogP) is 6.27. The third-order valence-electron chi connectivity index (χ3n) is 5.77. The second-order valence-corrected chi connectivity index (χ2v) is 7.57. The highest BCUT2D eigenvalue weighted by Crippen LogP contribution is 2.59. The first-order chi connectivity index (χ1) is 12.2. The van der Waals surface area contributed by atoms with Crippen LogP contribution in [-0.2, 0) is 11.3 Å². The van der Waals surface area contributed by atoms with Crippen LogP contribution in [0.1, 0.15) is 44.6 Å². The van der Waals surface area contributed by atoms with Crippen LogP contribution in [0, 0.1) is 5.41 Å². The lowest BCUT2D eigenvalue weighted by Crippen LogP contribution is -2.26. The monoisotopic (exact) mass is 334 g/mol. The summed E-state index contributed by atoms with van der Waals surface area (Å²) in [6.45, 7) is 2.80. The van der Waals surface area contributed by atoms with Gasteiger partial charge in [0.1, 0.15) is 11.5 Å². The van der Waals surface area contributed by atoms with Crippen LogP contribution in [0.4, 0.5) is 0 Å². The minimum absolute atomic E-state index is 0.0931. The summed E-state index contributed by atoms with van der Waals surface area (Å²) in [6.07, 6.45) is 10.7. The van der Waals surface area contributed by atoms with E-state index in [0.29, 0.717) is 12.0 Å². The lowest BCUT2D eigenvalue weighted by molar-refractivity contribution is -0.0485. The first-order valence-electron chi connectivity index (χ1n) is 9.31. The number of benzene rings is 2. The van der Waals surface area contributed by atoms with Crippen LogP contribution in [0.15, 0.2) is 66.7 Å². The van der Waals surface area contributed by atoms with Crippen LogP contribution in [0.3, 0.4) is 0 Å². The molecule has 2 aromatic rings. The molecule has 0 amide bonds. The molecule has 0 atom stereocenters. The van der Waals surface area contributed by atoms with Gasteiger partial charge in [-0.2, -0.15) is 0 Å². The zero-order valence-corrected chi connectivity index (χ0v) is 14.9. The van der Waals surface area contributed by atoms with E-state index < -0.39 is 0 Å². The molecule has 0 unspecified atom stereocenters. The van der Waals surface area contributed by atoms with E-state index in [2.05, 4.69) is 31.2 Å². The molecule has 2 aromatic carbocycles. The zero-order chi connectivity index (χ0) is 17.2. The molecule has 2 aliphatic rings. The molecule has 2 aliphatic carbocycles. The van der Waals surface area contributed by atoms with Crippen LogP contribution >= 0.6 is 0 Å². The Hall–Kier alpha value is -2.06. The van der Waals surface area contributed by atoms with Gasteiger partial charge in [-0.15, -0.1) is 0 Å². The van der Waals surface area contributed by atoms with Gasteiger partial charge in [-0.25, -0.2) is 0 Å². The summed E-state index contributed by atoms with van der Waals surface area (Å²) in [7, 11) is 0. The van der Waals surface area contributed by atoms with Crippen molar-refractivity contribution in [2.45, 2.75) is 51.2 Å². The maximum atomic E-state index is 6.45. The van der Waals surface area contributed by atoms with Crippen LogP contribution in [0.5, 0.6) is 11.5 Å². The van der Waals surface area contributed by atoms with Crippen molar-refractivity contribution in [1.29, 1.82) is 0 Å². The molecule has 0 heterocycles. The fourth-order valence-corrected chi connectivity index (χ4v) is 4.53. The van der Waals surface area contributed by atoms with Crippen LogP contribution in [0.25, 0.3) is 0 Å². The maximum absolute atomic E-state index is 6.45. The summed E-state index contributed by atoms with van der Waals surface area (Å²) in [4.78, 5) is 0. The summed E-state index contributed by atoms with van der Waals surface area (Å²) in [5.41, 5.74) is 1.68. The molecule has 2 heteroatoms. The van der Waals surface area contributed by atoms with E-state index in [9.17, 15) is 0 Å². The normalized spacial score (nSPS) is 27.9. The Bertz CT molecular complexity index is 740. The standard InChI is InChI=1S/C23H26O2/c1-2-11-22-12-14-23(18-22,15-13-22)24-17-19-7-6-10-21(16-19)25-20-8-4-3-5-9-20/h2-11,16H,12-15,17-18H2,1H3/b11-2+. The van der Waals surface area contributed by atoms with Crippen molar-refractivity contribution >= 4 is 0 Å². The van der Waals surface area contributed by atoms with Crippen LogP contribution < -0.4 is 4.74 Å². The van der Waals surface area contributed by atoms with Crippen molar-refractivity contribution in [2.75, 3.05) is 0 Å². The SMILES string of the molecule is C/C=C/C12CCC(OCc3cccc(Oc4ccccc4)c3)(CC1)C2.